The van der Waals surface area contributed by atoms with Crippen molar-refractivity contribution < 1.29 is 39.1 Å². The summed E-state index contributed by atoms with van der Waals surface area (Å²) in [6.07, 6.45) is 5.69. The van der Waals surface area contributed by atoms with Crippen molar-refractivity contribution in [2.24, 2.45) is 22.6 Å². The minimum absolute atomic E-state index is 0.00774. The van der Waals surface area contributed by atoms with E-state index in [-0.39, 0.29) is 40.8 Å². The number of rotatable bonds is 5. The van der Waals surface area contributed by atoms with Crippen LogP contribution in [0, 0.1) is 11.8 Å². The number of hydrogen-bond donors (Lipinski definition) is 5. The highest BCUT2D eigenvalue weighted by molar-refractivity contribution is 6.04. The lowest BCUT2D eigenvalue weighted by atomic mass is 9.87. The third-order valence-electron chi connectivity index (χ3n) is 7.11. The van der Waals surface area contributed by atoms with Crippen LogP contribution in [-0.2, 0) is 25.4 Å². The number of nitrogens with one attached hydrogen (secondary N) is 1. The minimum Gasteiger partial charge on any atom is -0.506 e. The summed E-state index contributed by atoms with van der Waals surface area (Å²) in [5.74, 6) is -1.61. The first-order valence-corrected chi connectivity index (χ1v) is 13.6. The first-order chi connectivity index (χ1) is 19.8. The molecule has 0 fully saturated rings. The predicted molar refractivity (Wildman–Crippen MR) is 162 cm³/mol. The number of hydrogen-bond acceptors (Lipinski definition) is 9. The summed E-state index contributed by atoms with van der Waals surface area (Å²) < 4.78 is 16.6. The summed E-state index contributed by atoms with van der Waals surface area (Å²) in [5.41, 5.74) is 6.69. The predicted octanol–water partition coefficient (Wildman–Crippen LogP) is 4.45. The van der Waals surface area contributed by atoms with Gasteiger partial charge in [0.2, 0.25) is 0 Å². The number of nitrogens with zero attached hydrogens (tertiary/aromatic N) is 1. The smallest absolute Gasteiger partial charge is 0.405 e. The summed E-state index contributed by atoms with van der Waals surface area (Å²) in [7, 11) is 2.94. The summed E-state index contributed by atoms with van der Waals surface area (Å²) in [4.78, 5) is 29.0. The van der Waals surface area contributed by atoms with Gasteiger partial charge in [-0.2, -0.15) is 0 Å². The first-order valence-electron chi connectivity index (χ1n) is 13.6. The number of allylic oxidation sites excluding steroid dienone is 3. The largest absolute Gasteiger partial charge is 0.506 e. The number of anilines is 1. The number of nitrogens with two attached hydrogens (primary N) is 1. The Bertz CT molecular complexity index is 1250. The van der Waals surface area contributed by atoms with E-state index in [4.69, 9.17) is 19.9 Å². The molecule has 1 heterocycles. The molecule has 0 aromatic heterocycles. The SMILES string of the molecule is C=CC=Nc1c(O)cc2c(O)c1C[C@@H](C)C[C@H](OC)[C@H](O)[C@@H](C)C=C(C)[C@H](OC(N)=O)[C@@H](OC)/C=C/C=C(C)C(=O)N2. The van der Waals surface area contributed by atoms with E-state index in [2.05, 4.69) is 16.9 Å². The number of amides is 2. The van der Waals surface area contributed by atoms with Crippen LogP contribution >= 0.6 is 0 Å². The lowest BCUT2D eigenvalue weighted by Gasteiger charge is -2.29. The highest BCUT2D eigenvalue weighted by Gasteiger charge is 2.30. The van der Waals surface area contributed by atoms with Crippen molar-refractivity contribution in [1.82, 2.24) is 0 Å². The number of carbonyl (C=O) groups excluding carboxylic acids is 2. The number of aliphatic hydroxyl groups is 1. The molecule has 0 radical (unpaired) electrons. The molecule has 11 heteroatoms. The zero-order chi connectivity index (χ0) is 31.6. The van der Waals surface area contributed by atoms with Crippen LogP contribution in [0.4, 0.5) is 16.2 Å². The molecule has 1 aliphatic rings. The third-order valence-corrected chi connectivity index (χ3v) is 7.11. The molecule has 0 aliphatic carbocycles. The second-order valence-corrected chi connectivity index (χ2v) is 10.5. The second-order valence-electron chi connectivity index (χ2n) is 10.5. The van der Waals surface area contributed by atoms with Crippen molar-refractivity contribution in [2.75, 3.05) is 19.5 Å². The molecule has 6 N–H and O–H groups in total. The average molecular weight is 586 g/mol. The first kappa shape index (κ1) is 34.3. The fourth-order valence-electron chi connectivity index (χ4n) is 4.87. The standard InChI is InChI=1S/C31H43N3O8/c1-8-12-33-26-21-13-17(2)14-25(41-7)27(36)19(4)15-20(5)29(42-31(32)39)24(40-6)11-9-10-18(3)30(38)34-22(28(21)37)16-23(26)35/h8-12,15-17,19,24-25,27,29,35-37H,1,13-14H2,2-7H3,(H2,32,39)(H,34,38)/b11-9+,18-10?,20-15?,33-12?/t17-,19+,24+,25+,27-,29+/m1/s1. The van der Waals surface area contributed by atoms with E-state index in [9.17, 15) is 24.9 Å². The van der Waals surface area contributed by atoms with Gasteiger partial charge >= 0.3 is 6.09 Å². The summed E-state index contributed by atoms with van der Waals surface area (Å²) in [6.45, 7) is 10.6. The van der Waals surface area contributed by atoms with Gasteiger partial charge in [-0.15, -0.1) is 0 Å². The van der Waals surface area contributed by atoms with E-state index in [0.717, 1.165) is 0 Å². The molecule has 2 amide bonds. The third kappa shape index (κ3) is 9.04. The van der Waals surface area contributed by atoms with Gasteiger partial charge in [0.25, 0.3) is 5.91 Å². The van der Waals surface area contributed by atoms with Crippen LogP contribution in [0.2, 0.25) is 0 Å². The van der Waals surface area contributed by atoms with Gasteiger partial charge in [0.15, 0.2) is 6.10 Å². The Balaban J connectivity index is 2.69. The minimum atomic E-state index is -0.994. The molecule has 6 atom stereocenters. The van der Waals surface area contributed by atoms with Crippen LogP contribution in [0.25, 0.3) is 0 Å². The van der Waals surface area contributed by atoms with E-state index in [1.165, 1.54) is 38.7 Å². The number of carbonyl (C=O) groups is 2. The maximum absolute atomic E-state index is 13.0. The monoisotopic (exact) mass is 585 g/mol. The lowest BCUT2D eigenvalue weighted by Crippen LogP contribution is -2.37. The summed E-state index contributed by atoms with van der Waals surface area (Å²) in [6, 6.07) is 1.23. The van der Waals surface area contributed by atoms with Gasteiger partial charge in [-0.25, -0.2) is 4.79 Å². The van der Waals surface area contributed by atoms with Gasteiger partial charge in [0.05, 0.1) is 17.9 Å². The van der Waals surface area contributed by atoms with Crippen molar-refractivity contribution in [3.8, 4) is 11.5 Å². The molecule has 0 saturated heterocycles. The fourth-order valence-corrected chi connectivity index (χ4v) is 4.87. The Labute approximate surface area is 247 Å². The number of primary amides is 1. The van der Waals surface area contributed by atoms with Crippen molar-refractivity contribution in [3.05, 3.63) is 59.7 Å². The number of benzene rings is 1. The molecule has 0 unspecified atom stereocenters. The van der Waals surface area contributed by atoms with Gasteiger partial charge in [0, 0.05) is 43.6 Å². The number of phenolic OH excluding ortho intramolecular Hbond substituents is 2. The number of aromatic hydroxyl groups is 2. The van der Waals surface area contributed by atoms with Crippen LogP contribution < -0.4 is 11.1 Å². The number of aliphatic imine (C=N–C) groups is 1. The van der Waals surface area contributed by atoms with Crippen LogP contribution in [0.5, 0.6) is 11.5 Å². The van der Waals surface area contributed by atoms with Gasteiger partial charge < -0.3 is 40.6 Å². The van der Waals surface area contributed by atoms with E-state index >= 15 is 0 Å². The van der Waals surface area contributed by atoms with Gasteiger partial charge in [-0.3, -0.25) is 9.79 Å². The van der Waals surface area contributed by atoms with Crippen LogP contribution in [0.3, 0.4) is 0 Å². The van der Waals surface area contributed by atoms with Gasteiger partial charge in [-0.05, 0) is 38.2 Å². The Morgan fingerprint density at radius 1 is 1.21 bits per heavy atom. The maximum Gasteiger partial charge on any atom is 0.405 e. The number of aliphatic hydroxyl groups excluding tert-OH is 1. The Hall–Kier alpha value is -3.93. The number of fused-ring (bicyclic) bond motifs is 2. The molecular weight excluding hydrogens is 542 g/mol. The van der Waals surface area contributed by atoms with Crippen molar-refractivity contribution in [1.29, 1.82) is 0 Å². The summed E-state index contributed by atoms with van der Waals surface area (Å²) >= 11 is 0. The Morgan fingerprint density at radius 2 is 1.90 bits per heavy atom. The molecule has 0 saturated carbocycles. The lowest BCUT2D eigenvalue weighted by molar-refractivity contribution is -0.112. The van der Waals surface area contributed by atoms with Gasteiger partial charge in [0.1, 0.15) is 23.3 Å². The molecular formula is C31H43N3O8. The summed E-state index contributed by atoms with van der Waals surface area (Å²) in [5, 5.41) is 35.9. The van der Waals surface area contributed by atoms with Crippen LogP contribution in [0.15, 0.2) is 59.2 Å². The molecule has 42 heavy (non-hydrogen) atoms. The van der Waals surface area contributed by atoms with E-state index in [1.807, 2.05) is 13.8 Å². The van der Waals surface area contributed by atoms with E-state index in [1.54, 1.807) is 32.1 Å². The zero-order valence-corrected chi connectivity index (χ0v) is 25.0. The van der Waals surface area contributed by atoms with Crippen molar-refractivity contribution >= 4 is 29.6 Å². The molecule has 1 aliphatic heterocycles. The molecule has 1 aromatic carbocycles. The van der Waals surface area contributed by atoms with E-state index < -0.39 is 42.3 Å². The molecule has 2 bridgehead atoms. The van der Waals surface area contributed by atoms with Crippen molar-refractivity contribution in [2.45, 2.75) is 65.0 Å². The second kappa shape index (κ2) is 15.9. The molecule has 0 spiro atoms. The van der Waals surface area contributed by atoms with Crippen LogP contribution in [-0.4, -0.2) is 72.2 Å². The number of phenols is 2. The van der Waals surface area contributed by atoms with Crippen LogP contribution in [0.1, 0.15) is 39.7 Å². The van der Waals surface area contributed by atoms with Gasteiger partial charge in [-0.1, -0.05) is 50.8 Å². The molecule has 2 rings (SSSR count). The molecule has 1 aromatic rings. The maximum atomic E-state index is 13.0. The fraction of sp³-hybridized carbons (Fsp3) is 0.452. The quantitative estimate of drug-likeness (QED) is 0.146. The van der Waals surface area contributed by atoms with Crippen molar-refractivity contribution in [3.63, 3.8) is 0 Å². The zero-order valence-electron chi connectivity index (χ0n) is 25.0. The number of methoxy groups -OCH3 is 2. The topological polar surface area (TPSA) is 173 Å². The van der Waals surface area contributed by atoms with E-state index in [0.29, 0.717) is 17.6 Å². The Kier molecular flexibility index (Phi) is 13.0. The molecule has 11 nitrogen and oxygen atoms in total. The number of ether oxygens (including phenoxy) is 3. The molecule has 230 valence electrons. The Morgan fingerprint density at radius 3 is 2.50 bits per heavy atom. The normalized spacial score (nSPS) is 27.1. The average Bonchev–Trinajstić information content (AvgIpc) is 2.94. The highest BCUT2D eigenvalue weighted by Crippen LogP contribution is 2.44. The highest BCUT2D eigenvalue weighted by atomic mass is 16.6.